The molecular weight excluding hydrogens is 262 g/mol. The number of ether oxygens (including phenoxy) is 1. The molecule has 1 fully saturated rings. The third-order valence-corrected chi connectivity index (χ3v) is 3.67. The molecule has 0 saturated heterocycles. The van der Waals surface area contributed by atoms with Crippen LogP contribution < -0.4 is 15.4 Å². The maximum absolute atomic E-state index is 5.65. The highest BCUT2D eigenvalue weighted by molar-refractivity contribution is 5.79. The molecule has 0 radical (unpaired) electrons. The van der Waals surface area contributed by atoms with Crippen LogP contribution in [0.1, 0.15) is 45.1 Å². The molecule has 0 unspecified atom stereocenters. The van der Waals surface area contributed by atoms with Crippen LogP contribution >= 0.6 is 0 Å². The quantitative estimate of drug-likeness (QED) is 0.647. The number of hydrogen-bond acceptors (Lipinski definition) is 2. The molecule has 1 aromatic rings. The third-order valence-electron chi connectivity index (χ3n) is 3.67. The summed E-state index contributed by atoms with van der Waals surface area (Å²) in [7, 11) is 1.82. The number of hydrogen-bond donors (Lipinski definition) is 2. The lowest BCUT2D eigenvalue weighted by molar-refractivity contribution is 0.242. The summed E-state index contributed by atoms with van der Waals surface area (Å²) in [6.07, 6.45) is 5.37. The van der Waals surface area contributed by atoms with Gasteiger partial charge in [0, 0.05) is 19.6 Å². The number of nitrogens with zero attached hydrogens (tertiary/aromatic N) is 1. The van der Waals surface area contributed by atoms with Crippen molar-refractivity contribution in [3.8, 4) is 5.75 Å². The highest BCUT2D eigenvalue weighted by atomic mass is 16.5. The Morgan fingerprint density at radius 2 is 1.90 bits per heavy atom. The molecule has 4 nitrogen and oxygen atoms in total. The van der Waals surface area contributed by atoms with Crippen molar-refractivity contribution < 1.29 is 4.74 Å². The molecule has 0 heterocycles. The monoisotopic (exact) mass is 289 g/mol. The number of benzene rings is 1. The molecule has 0 aliphatic heterocycles. The Bertz CT molecular complexity index is 448. The zero-order valence-electron chi connectivity index (χ0n) is 13.4. The van der Waals surface area contributed by atoms with Gasteiger partial charge in [-0.1, -0.05) is 25.0 Å². The molecule has 1 aromatic carbocycles. The Morgan fingerprint density at radius 3 is 2.48 bits per heavy atom. The smallest absolute Gasteiger partial charge is 0.191 e. The van der Waals surface area contributed by atoms with Crippen molar-refractivity contribution in [1.82, 2.24) is 10.6 Å². The fraction of sp³-hybridized carbons (Fsp3) is 0.588. The summed E-state index contributed by atoms with van der Waals surface area (Å²) in [5.41, 5.74) is 1.22. The molecule has 116 valence electrons. The van der Waals surface area contributed by atoms with Gasteiger partial charge in [-0.05, 0) is 44.4 Å². The highest BCUT2D eigenvalue weighted by Gasteiger charge is 2.15. The second-order valence-electron chi connectivity index (χ2n) is 5.86. The van der Waals surface area contributed by atoms with E-state index in [0.717, 1.165) is 18.3 Å². The SMILES string of the molecule is CN=C(NCc1ccc(OC(C)C)cc1)NC1CCCC1. The molecule has 1 saturated carbocycles. The molecule has 21 heavy (non-hydrogen) atoms. The lowest BCUT2D eigenvalue weighted by atomic mass is 10.2. The maximum Gasteiger partial charge on any atom is 0.191 e. The predicted molar refractivity (Wildman–Crippen MR) is 87.8 cm³/mol. The molecular formula is C17H27N3O. The van der Waals surface area contributed by atoms with E-state index in [1.54, 1.807) is 0 Å². The molecule has 1 aliphatic rings. The van der Waals surface area contributed by atoms with Gasteiger partial charge in [-0.15, -0.1) is 0 Å². The summed E-state index contributed by atoms with van der Waals surface area (Å²) < 4.78 is 5.65. The predicted octanol–water partition coefficient (Wildman–Crippen LogP) is 3.08. The van der Waals surface area contributed by atoms with E-state index in [9.17, 15) is 0 Å². The largest absolute Gasteiger partial charge is 0.491 e. The number of aliphatic imine (C=N–C) groups is 1. The lowest BCUT2D eigenvalue weighted by Crippen LogP contribution is -2.41. The van der Waals surface area contributed by atoms with Crippen LogP contribution in [0.3, 0.4) is 0 Å². The zero-order chi connectivity index (χ0) is 15.1. The van der Waals surface area contributed by atoms with Crippen molar-refractivity contribution in [2.45, 2.75) is 58.2 Å². The molecule has 2 rings (SSSR count). The van der Waals surface area contributed by atoms with Crippen LogP contribution in [-0.4, -0.2) is 25.2 Å². The average Bonchev–Trinajstić information content (AvgIpc) is 2.97. The molecule has 0 spiro atoms. The first-order valence-electron chi connectivity index (χ1n) is 7.90. The zero-order valence-corrected chi connectivity index (χ0v) is 13.4. The van der Waals surface area contributed by atoms with Crippen molar-refractivity contribution in [2.24, 2.45) is 4.99 Å². The normalized spacial score (nSPS) is 16.3. The topological polar surface area (TPSA) is 45.7 Å². The van der Waals surface area contributed by atoms with Gasteiger partial charge in [0.25, 0.3) is 0 Å². The van der Waals surface area contributed by atoms with Gasteiger partial charge in [0.05, 0.1) is 6.10 Å². The van der Waals surface area contributed by atoms with E-state index < -0.39 is 0 Å². The van der Waals surface area contributed by atoms with E-state index in [1.165, 1.54) is 31.2 Å². The Hall–Kier alpha value is -1.71. The number of guanidine groups is 1. The molecule has 1 aliphatic carbocycles. The molecule has 4 heteroatoms. The maximum atomic E-state index is 5.65. The van der Waals surface area contributed by atoms with E-state index in [4.69, 9.17) is 4.74 Å². The minimum absolute atomic E-state index is 0.211. The summed E-state index contributed by atoms with van der Waals surface area (Å²) in [6.45, 7) is 4.84. The standard InChI is InChI=1S/C17H27N3O/c1-13(2)21-16-10-8-14(9-11-16)12-19-17(18-3)20-15-6-4-5-7-15/h8-11,13,15H,4-7,12H2,1-3H3,(H2,18,19,20). The Morgan fingerprint density at radius 1 is 1.24 bits per heavy atom. The Labute approximate surface area is 128 Å². The van der Waals surface area contributed by atoms with E-state index in [0.29, 0.717) is 6.04 Å². The minimum atomic E-state index is 0.211. The van der Waals surface area contributed by atoms with Crippen molar-refractivity contribution >= 4 is 5.96 Å². The van der Waals surface area contributed by atoms with Gasteiger partial charge >= 0.3 is 0 Å². The van der Waals surface area contributed by atoms with Gasteiger partial charge in [-0.25, -0.2) is 0 Å². The summed E-state index contributed by atoms with van der Waals surface area (Å²) in [4.78, 5) is 4.29. The van der Waals surface area contributed by atoms with E-state index in [2.05, 4.69) is 27.8 Å². The fourth-order valence-corrected chi connectivity index (χ4v) is 2.60. The molecule has 0 bridgehead atoms. The molecule has 0 atom stereocenters. The van der Waals surface area contributed by atoms with Gasteiger partial charge in [-0.2, -0.15) is 0 Å². The average molecular weight is 289 g/mol. The second-order valence-corrected chi connectivity index (χ2v) is 5.86. The van der Waals surface area contributed by atoms with Crippen LogP contribution in [-0.2, 0) is 6.54 Å². The second kappa shape index (κ2) is 7.91. The molecule has 0 aromatic heterocycles. The summed E-state index contributed by atoms with van der Waals surface area (Å²) in [6, 6.07) is 8.80. The van der Waals surface area contributed by atoms with Crippen LogP contribution in [0, 0.1) is 0 Å². The van der Waals surface area contributed by atoms with Crippen LogP contribution in [0.25, 0.3) is 0 Å². The van der Waals surface area contributed by atoms with Crippen LogP contribution in [0.2, 0.25) is 0 Å². The van der Waals surface area contributed by atoms with Gasteiger partial charge in [0.15, 0.2) is 5.96 Å². The Kier molecular flexibility index (Phi) is 5.90. The van der Waals surface area contributed by atoms with Crippen molar-refractivity contribution in [3.63, 3.8) is 0 Å². The number of nitrogens with one attached hydrogen (secondary N) is 2. The van der Waals surface area contributed by atoms with E-state index in [-0.39, 0.29) is 6.10 Å². The first-order valence-corrected chi connectivity index (χ1v) is 7.90. The van der Waals surface area contributed by atoms with Crippen molar-refractivity contribution in [3.05, 3.63) is 29.8 Å². The first kappa shape index (κ1) is 15.7. The van der Waals surface area contributed by atoms with Gasteiger partial charge in [-0.3, -0.25) is 4.99 Å². The summed E-state index contributed by atoms with van der Waals surface area (Å²) in [5, 5.41) is 6.86. The summed E-state index contributed by atoms with van der Waals surface area (Å²) >= 11 is 0. The molecule has 2 N–H and O–H groups in total. The van der Waals surface area contributed by atoms with Gasteiger partial charge < -0.3 is 15.4 Å². The number of rotatable bonds is 5. The highest BCUT2D eigenvalue weighted by Crippen LogP contribution is 2.17. The van der Waals surface area contributed by atoms with Crippen molar-refractivity contribution in [2.75, 3.05) is 7.05 Å². The van der Waals surface area contributed by atoms with E-state index >= 15 is 0 Å². The van der Waals surface area contributed by atoms with Gasteiger partial charge in [0.2, 0.25) is 0 Å². The van der Waals surface area contributed by atoms with Crippen molar-refractivity contribution in [1.29, 1.82) is 0 Å². The lowest BCUT2D eigenvalue weighted by Gasteiger charge is -2.17. The van der Waals surface area contributed by atoms with E-state index in [1.807, 2.05) is 33.0 Å². The van der Waals surface area contributed by atoms with Gasteiger partial charge in [0.1, 0.15) is 5.75 Å². The summed E-state index contributed by atoms with van der Waals surface area (Å²) in [5.74, 6) is 1.81. The van der Waals surface area contributed by atoms with Crippen LogP contribution in [0.4, 0.5) is 0 Å². The molecule has 0 amide bonds. The van der Waals surface area contributed by atoms with Crippen LogP contribution in [0.5, 0.6) is 5.75 Å². The Balaban J connectivity index is 1.80. The first-order chi connectivity index (χ1) is 10.2. The third kappa shape index (κ3) is 5.29. The fourth-order valence-electron chi connectivity index (χ4n) is 2.60. The van der Waals surface area contributed by atoms with Crippen LogP contribution in [0.15, 0.2) is 29.3 Å². The minimum Gasteiger partial charge on any atom is -0.491 e.